The molecule has 3 aromatic rings. The van der Waals surface area contributed by atoms with Gasteiger partial charge in [-0.05, 0) is 23.8 Å². The standard InChI is InChI=1S/C18H18N4O/c1-23-16-10-3-2-9-15(16)22-18(19)21-12-14-7-4-6-13-8-5-11-20-17(13)14/h2-11H,12H2,1H3,(H3,19,21,22). The molecule has 0 spiro atoms. The second-order valence-electron chi connectivity index (χ2n) is 5.02. The fourth-order valence-electron chi connectivity index (χ4n) is 2.39. The summed E-state index contributed by atoms with van der Waals surface area (Å²) in [6.45, 7) is 0.461. The van der Waals surface area contributed by atoms with Crippen LogP contribution in [0.5, 0.6) is 5.75 Å². The third-order valence-electron chi connectivity index (χ3n) is 3.51. The third kappa shape index (κ3) is 3.40. The number of hydrogen-bond acceptors (Lipinski definition) is 3. The molecule has 5 nitrogen and oxygen atoms in total. The lowest BCUT2D eigenvalue weighted by atomic mass is 10.1. The van der Waals surface area contributed by atoms with Gasteiger partial charge in [-0.3, -0.25) is 4.98 Å². The maximum Gasteiger partial charge on any atom is 0.193 e. The molecule has 0 aliphatic rings. The summed E-state index contributed by atoms with van der Waals surface area (Å²) in [7, 11) is 1.62. The summed E-state index contributed by atoms with van der Waals surface area (Å²) in [5.41, 5.74) is 8.75. The van der Waals surface area contributed by atoms with Crippen LogP contribution in [0.3, 0.4) is 0 Å². The number of guanidine groups is 1. The van der Waals surface area contributed by atoms with Gasteiger partial charge in [0.2, 0.25) is 0 Å². The molecule has 0 bridgehead atoms. The van der Waals surface area contributed by atoms with Gasteiger partial charge < -0.3 is 15.8 Å². The lowest BCUT2D eigenvalue weighted by molar-refractivity contribution is 0.417. The van der Waals surface area contributed by atoms with Crippen molar-refractivity contribution >= 4 is 22.5 Å². The Morgan fingerprint density at radius 2 is 1.96 bits per heavy atom. The minimum absolute atomic E-state index is 0.336. The fraction of sp³-hybridized carbons (Fsp3) is 0.111. The molecule has 3 rings (SSSR count). The number of hydrogen-bond donors (Lipinski definition) is 2. The number of pyridine rings is 1. The second-order valence-corrected chi connectivity index (χ2v) is 5.02. The van der Waals surface area contributed by atoms with E-state index >= 15 is 0 Å². The van der Waals surface area contributed by atoms with Gasteiger partial charge in [0.05, 0.1) is 24.9 Å². The topological polar surface area (TPSA) is 72.5 Å². The van der Waals surface area contributed by atoms with Crippen molar-refractivity contribution in [2.75, 3.05) is 12.4 Å². The van der Waals surface area contributed by atoms with Gasteiger partial charge in [0.1, 0.15) is 5.75 Å². The number of anilines is 1. The monoisotopic (exact) mass is 306 g/mol. The average molecular weight is 306 g/mol. The van der Waals surface area contributed by atoms with E-state index < -0.39 is 0 Å². The summed E-state index contributed by atoms with van der Waals surface area (Å²) < 4.78 is 5.28. The van der Waals surface area contributed by atoms with Crippen molar-refractivity contribution in [2.45, 2.75) is 6.54 Å². The van der Waals surface area contributed by atoms with Crippen LogP contribution in [0.4, 0.5) is 5.69 Å². The van der Waals surface area contributed by atoms with E-state index in [0.29, 0.717) is 12.5 Å². The van der Waals surface area contributed by atoms with Gasteiger partial charge in [0.15, 0.2) is 5.96 Å². The molecule has 0 unspecified atom stereocenters. The zero-order chi connectivity index (χ0) is 16.1. The number of rotatable bonds is 4. The largest absolute Gasteiger partial charge is 0.495 e. The Hall–Kier alpha value is -3.08. The third-order valence-corrected chi connectivity index (χ3v) is 3.51. The van der Waals surface area contributed by atoms with Gasteiger partial charge in [0.25, 0.3) is 0 Å². The van der Waals surface area contributed by atoms with E-state index in [9.17, 15) is 0 Å². The molecule has 0 aliphatic heterocycles. The predicted octanol–water partition coefficient (Wildman–Crippen LogP) is 3.17. The van der Waals surface area contributed by atoms with Crippen LogP contribution in [0.15, 0.2) is 65.8 Å². The number of aromatic nitrogens is 1. The van der Waals surface area contributed by atoms with Gasteiger partial charge in [-0.15, -0.1) is 0 Å². The number of nitrogens with two attached hydrogens (primary N) is 1. The molecule has 0 aliphatic carbocycles. The Kier molecular flexibility index (Phi) is 4.38. The lowest BCUT2D eigenvalue weighted by Gasteiger charge is -2.10. The highest BCUT2D eigenvalue weighted by Gasteiger charge is 2.04. The molecule has 1 heterocycles. The van der Waals surface area contributed by atoms with Gasteiger partial charge in [-0.1, -0.05) is 36.4 Å². The number of ether oxygens (including phenoxy) is 1. The summed E-state index contributed by atoms with van der Waals surface area (Å²) in [5.74, 6) is 1.06. The van der Waals surface area contributed by atoms with Crippen LogP contribution in [-0.2, 0) is 6.54 Å². The molecule has 0 saturated carbocycles. The Morgan fingerprint density at radius 3 is 2.83 bits per heavy atom. The summed E-state index contributed by atoms with van der Waals surface area (Å²) in [5, 5.41) is 4.16. The molecule has 5 heteroatoms. The minimum Gasteiger partial charge on any atom is -0.495 e. The molecule has 1 aromatic heterocycles. The van der Waals surface area contributed by atoms with E-state index in [-0.39, 0.29) is 0 Å². The maximum absolute atomic E-state index is 5.98. The van der Waals surface area contributed by atoms with Crippen LogP contribution in [0.25, 0.3) is 10.9 Å². The summed E-state index contributed by atoms with van der Waals surface area (Å²) in [4.78, 5) is 8.82. The zero-order valence-corrected chi connectivity index (χ0v) is 12.9. The Labute approximate surface area is 134 Å². The fourth-order valence-corrected chi connectivity index (χ4v) is 2.39. The van der Waals surface area contributed by atoms with Crippen LogP contribution < -0.4 is 15.8 Å². The first kappa shape index (κ1) is 14.8. The number of methoxy groups -OCH3 is 1. The maximum atomic E-state index is 5.98. The van der Waals surface area contributed by atoms with E-state index in [2.05, 4.69) is 15.3 Å². The van der Waals surface area contributed by atoms with E-state index in [4.69, 9.17) is 10.5 Å². The van der Waals surface area contributed by atoms with Crippen LogP contribution in [-0.4, -0.2) is 18.1 Å². The van der Waals surface area contributed by atoms with E-state index in [1.165, 1.54) is 0 Å². The Morgan fingerprint density at radius 1 is 1.13 bits per heavy atom. The molecule has 3 N–H and O–H groups in total. The van der Waals surface area contributed by atoms with E-state index in [1.54, 1.807) is 13.3 Å². The zero-order valence-electron chi connectivity index (χ0n) is 12.9. The van der Waals surface area contributed by atoms with Crippen molar-refractivity contribution in [3.63, 3.8) is 0 Å². The molecule has 0 amide bonds. The molecular weight excluding hydrogens is 288 g/mol. The molecule has 2 aromatic carbocycles. The first-order valence-corrected chi connectivity index (χ1v) is 7.30. The van der Waals surface area contributed by atoms with Gasteiger partial charge in [-0.2, -0.15) is 0 Å². The highest BCUT2D eigenvalue weighted by molar-refractivity contribution is 5.93. The average Bonchev–Trinajstić information content (AvgIpc) is 2.60. The summed E-state index contributed by atoms with van der Waals surface area (Å²) in [6, 6.07) is 17.6. The van der Waals surface area contributed by atoms with Gasteiger partial charge in [-0.25, -0.2) is 4.99 Å². The molecule has 0 radical (unpaired) electrons. The summed E-state index contributed by atoms with van der Waals surface area (Å²) in [6.07, 6.45) is 1.78. The van der Waals surface area contributed by atoms with E-state index in [1.807, 2.05) is 54.6 Å². The van der Waals surface area contributed by atoms with Crippen LogP contribution in [0.1, 0.15) is 5.56 Å². The molecule has 23 heavy (non-hydrogen) atoms. The number of benzene rings is 2. The number of fused-ring (bicyclic) bond motifs is 1. The van der Waals surface area contributed by atoms with Crippen molar-refractivity contribution in [3.8, 4) is 5.75 Å². The van der Waals surface area contributed by atoms with Crippen molar-refractivity contribution < 1.29 is 4.74 Å². The van der Waals surface area contributed by atoms with Crippen LogP contribution in [0.2, 0.25) is 0 Å². The minimum atomic E-state index is 0.336. The number of para-hydroxylation sites is 3. The van der Waals surface area contributed by atoms with Crippen LogP contribution in [0, 0.1) is 0 Å². The first-order chi connectivity index (χ1) is 11.3. The van der Waals surface area contributed by atoms with Crippen molar-refractivity contribution in [2.24, 2.45) is 10.7 Å². The Bertz CT molecular complexity index is 840. The van der Waals surface area contributed by atoms with Crippen molar-refractivity contribution in [1.29, 1.82) is 0 Å². The number of aliphatic imine (C=N–C) groups is 1. The normalized spacial score (nSPS) is 11.4. The molecular formula is C18H18N4O. The van der Waals surface area contributed by atoms with Crippen molar-refractivity contribution in [1.82, 2.24) is 4.98 Å². The van der Waals surface area contributed by atoms with E-state index in [0.717, 1.165) is 27.9 Å². The van der Waals surface area contributed by atoms with Gasteiger partial charge >= 0.3 is 0 Å². The van der Waals surface area contributed by atoms with Gasteiger partial charge in [0, 0.05) is 11.6 Å². The highest BCUT2D eigenvalue weighted by Crippen LogP contribution is 2.22. The number of nitrogens with one attached hydrogen (secondary N) is 1. The molecule has 0 atom stereocenters. The van der Waals surface area contributed by atoms with Crippen molar-refractivity contribution in [3.05, 3.63) is 66.4 Å². The quantitative estimate of drug-likeness (QED) is 0.573. The second kappa shape index (κ2) is 6.79. The first-order valence-electron chi connectivity index (χ1n) is 7.30. The highest BCUT2D eigenvalue weighted by atomic mass is 16.5. The molecule has 0 fully saturated rings. The smallest absolute Gasteiger partial charge is 0.193 e. The SMILES string of the molecule is COc1ccccc1NC(N)=NCc1cccc2cccnc12. The predicted molar refractivity (Wildman–Crippen MR) is 93.7 cm³/mol. The molecule has 0 saturated heterocycles. The Balaban J connectivity index is 1.79. The summed E-state index contributed by atoms with van der Waals surface area (Å²) >= 11 is 0. The van der Waals surface area contributed by atoms with Crippen LogP contribution >= 0.6 is 0 Å². The lowest BCUT2D eigenvalue weighted by Crippen LogP contribution is -2.23. The molecule has 116 valence electrons. The number of nitrogens with zero attached hydrogens (tertiary/aromatic N) is 2.